The molecule has 1 amide bonds. The Hall–Kier alpha value is -0.660. The highest BCUT2D eigenvalue weighted by Gasteiger charge is 2.29. The maximum Gasteiger partial charge on any atom is 0.224 e. The zero-order valence-corrected chi connectivity index (χ0v) is 15.3. The van der Waals surface area contributed by atoms with Crippen molar-refractivity contribution in [3.05, 3.63) is 0 Å². The van der Waals surface area contributed by atoms with Crippen LogP contribution in [-0.2, 0) is 14.8 Å². The predicted octanol–water partition coefficient (Wildman–Crippen LogP) is 0.896. The second kappa shape index (κ2) is 8.44. The van der Waals surface area contributed by atoms with Crippen LogP contribution in [0.25, 0.3) is 0 Å². The minimum absolute atomic E-state index is 0.00497. The third-order valence-electron chi connectivity index (χ3n) is 4.92. The van der Waals surface area contributed by atoms with E-state index in [1.54, 1.807) is 0 Å². The molecule has 2 heterocycles. The van der Waals surface area contributed by atoms with Gasteiger partial charge in [0, 0.05) is 26.2 Å². The molecule has 0 aliphatic carbocycles. The molecule has 2 fully saturated rings. The normalized spacial score (nSPS) is 27.7. The summed E-state index contributed by atoms with van der Waals surface area (Å²) >= 11 is 0. The number of nitrogens with zero attached hydrogens (tertiary/aromatic N) is 2. The van der Waals surface area contributed by atoms with Gasteiger partial charge >= 0.3 is 0 Å². The molecule has 6 nitrogen and oxygen atoms in total. The lowest BCUT2D eigenvalue weighted by Crippen LogP contribution is -2.45. The van der Waals surface area contributed by atoms with Crippen LogP contribution in [0.3, 0.4) is 0 Å². The van der Waals surface area contributed by atoms with Gasteiger partial charge in [-0.15, -0.1) is 0 Å². The van der Waals surface area contributed by atoms with Gasteiger partial charge in [0.1, 0.15) is 0 Å². The number of amides is 1. The summed E-state index contributed by atoms with van der Waals surface area (Å²) in [5.74, 6) is 0.585. The summed E-state index contributed by atoms with van der Waals surface area (Å²) in [5.41, 5.74) is 0. The molecule has 0 saturated carbocycles. The number of likely N-dealkylation sites (tertiary alicyclic amines) is 1. The summed E-state index contributed by atoms with van der Waals surface area (Å²) in [6.45, 7) is 7.21. The predicted molar refractivity (Wildman–Crippen MR) is 91.6 cm³/mol. The summed E-state index contributed by atoms with van der Waals surface area (Å²) in [7, 11) is -3.19. The third kappa shape index (κ3) is 6.04. The fraction of sp³-hybridized carbons (Fsp3) is 0.938. The van der Waals surface area contributed by atoms with Gasteiger partial charge in [0.15, 0.2) is 0 Å². The summed E-state index contributed by atoms with van der Waals surface area (Å²) < 4.78 is 24.6. The van der Waals surface area contributed by atoms with Crippen molar-refractivity contribution in [2.45, 2.75) is 39.0 Å². The average Bonchev–Trinajstić information content (AvgIpc) is 2.51. The van der Waals surface area contributed by atoms with Crippen LogP contribution < -0.4 is 5.32 Å². The highest BCUT2D eigenvalue weighted by Crippen LogP contribution is 2.19. The van der Waals surface area contributed by atoms with Crippen molar-refractivity contribution in [1.82, 2.24) is 14.5 Å². The van der Waals surface area contributed by atoms with Crippen molar-refractivity contribution in [3.63, 3.8) is 0 Å². The number of hydrogen-bond acceptors (Lipinski definition) is 4. The van der Waals surface area contributed by atoms with Crippen molar-refractivity contribution < 1.29 is 13.2 Å². The number of carbonyl (C=O) groups is 1. The van der Waals surface area contributed by atoms with Crippen molar-refractivity contribution in [3.8, 4) is 0 Å². The number of nitrogens with one attached hydrogen (secondary N) is 1. The highest BCUT2D eigenvalue weighted by atomic mass is 32.2. The first-order chi connectivity index (χ1) is 10.9. The minimum atomic E-state index is -3.19. The second-order valence-corrected chi connectivity index (χ2v) is 9.14. The molecule has 0 spiro atoms. The van der Waals surface area contributed by atoms with E-state index in [-0.39, 0.29) is 11.8 Å². The summed E-state index contributed by atoms with van der Waals surface area (Å²) in [5, 5.41) is 2.99. The molecule has 2 aliphatic heterocycles. The van der Waals surface area contributed by atoms with Gasteiger partial charge in [0.25, 0.3) is 0 Å². The fourth-order valence-corrected chi connectivity index (χ4v) is 4.52. The molecule has 0 aromatic rings. The number of hydrogen-bond donors (Lipinski definition) is 1. The Morgan fingerprint density at radius 2 is 1.91 bits per heavy atom. The van der Waals surface area contributed by atoms with Crippen LogP contribution in [0.2, 0.25) is 0 Å². The maximum atomic E-state index is 12.2. The Morgan fingerprint density at radius 1 is 1.17 bits per heavy atom. The average molecular weight is 346 g/mol. The summed E-state index contributed by atoms with van der Waals surface area (Å²) in [4.78, 5) is 14.7. The maximum absolute atomic E-state index is 12.2. The van der Waals surface area contributed by atoms with Crippen molar-refractivity contribution >= 4 is 15.9 Å². The van der Waals surface area contributed by atoms with E-state index in [1.807, 2.05) is 0 Å². The Bertz CT molecular complexity index is 495. The molecule has 1 N–H and O–H groups in total. The quantitative estimate of drug-likeness (QED) is 0.726. The first-order valence-electron chi connectivity index (χ1n) is 8.81. The number of sulfonamides is 1. The minimum Gasteiger partial charge on any atom is -0.356 e. The molecule has 0 unspecified atom stereocenters. The van der Waals surface area contributed by atoms with E-state index in [0.717, 1.165) is 31.7 Å². The molecule has 134 valence electrons. The topological polar surface area (TPSA) is 69.7 Å². The molecule has 0 aromatic carbocycles. The molecule has 23 heavy (non-hydrogen) atoms. The van der Waals surface area contributed by atoms with Crippen LogP contribution in [-0.4, -0.2) is 69.1 Å². The second-order valence-electron chi connectivity index (χ2n) is 7.15. The number of rotatable bonds is 6. The van der Waals surface area contributed by atoms with E-state index in [1.165, 1.54) is 36.5 Å². The zero-order valence-electron chi connectivity index (χ0n) is 14.5. The summed E-state index contributed by atoms with van der Waals surface area (Å²) in [6, 6.07) is 0. The number of carbonyl (C=O) groups excluding carboxylic acids is 1. The van der Waals surface area contributed by atoms with Crippen LogP contribution in [0.1, 0.15) is 39.0 Å². The van der Waals surface area contributed by atoms with E-state index in [9.17, 15) is 13.2 Å². The van der Waals surface area contributed by atoms with Gasteiger partial charge in [0.05, 0.1) is 12.2 Å². The van der Waals surface area contributed by atoms with E-state index in [0.29, 0.717) is 19.6 Å². The molecule has 2 atom stereocenters. The van der Waals surface area contributed by atoms with Crippen LogP contribution in [0.5, 0.6) is 0 Å². The monoisotopic (exact) mass is 345 g/mol. The lowest BCUT2D eigenvalue weighted by molar-refractivity contribution is -0.126. The fourth-order valence-electron chi connectivity index (χ4n) is 3.61. The van der Waals surface area contributed by atoms with Crippen LogP contribution in [0, 0.1) is 11.8 Å². The Morgan fingerprint density at radius 3 is 2.61 bits per heavy atom. The van der Waals surface area contributed by atoms with Gasteiger partial charge in [0.2, 0.25) is 15.9 Å². The smallest absolute Gasteiger partial charge is 0.224 e. The van der Waals surface area contributed by atoms with Gasteiger partial charge < -0.3 is 10.2 Å². The van der Waals surface area contributed by atoms with E-state index < -0.39 is 10.0 Å². The molecular weight excluding hydrogens is 314 g/mol. The zero-order chi connectivity index (χ0) is 16.9. The third-order valence-corrected chi connectivity index (χ3v) is 6.19. The SMILES string of the molecule is C[C@H]1CCCN(CCCNC(=O)[C@H]2CCCN(S(C)(=O)=O)C2)C1. The first kappa shape index (κ1) is 18.7. The van der Waals surface area contributed by atoms with Crippen LogP contribution in [0.4, 0.5) is 0 Å². The lowest BCUT2D eigenvalue weighted by Gasteiger charge is -2.31. The van der Waals surface area contributed by atoms with Crippen molar-refractivity contribution in [1.29, 1.82) is 0 Å². The highest BCUT2D eigenvalue weighted by molar-refractivity contribution is 7.88. The Balaban J connectivity index is 1.66. The van der Waals surface area contributed by atoms with Gasteiger partial charge in [-0.3, -0.25) is 4.79 Å². The van der Waals surface area contributed by atoms with Gasteiger partial charge in [-0.2, -0.15) is 0 Å². The van der Waals surface area contributed by atoms with Gasteiger partial charge in [-0.25, -0.2) is 12.7 Å². The van der Waals surface area contributed by atoms with Gasteiger partial charge in [-0.1, -0.05) is 6.92 Å². The largest absolute Gasteiger partial charge is 0.356 e. The molecule has 0 aromatic heterocycles. The molecule has 7 heteroatoms. The first-order valence-corrected chi connectivity index (χ1v) is 10.7. The van der Waals surface area contributed by atoms with Crippen molar-refractivity contribution in [2.24, 2.45) is 11.8 Å². The molecule has 2 rings (SSSR count). The van der Waals surface area contributed by atoms with E-state index in [2.05, 4.69) is 17.1 Å². The Labute approximate surface area is 140 Å². The van der Waals surface area contributed by atoms with Crippen LogP contribution >= 0.6 is 0 Å². The molecule has 2 aliphatic rings. The molecular formula is C16H31N3O3S. The number of piperidine rings is 2. The van der Waals surface area contributed by atoms with E-state index >= 15 is 0 Å². The molecule has 2 saturated heterocycles. The molecule has 0 radical (unpaired) electrons. The van der Waals surface area contributed by atoms with Crippen LogP contribution in [0.15, 0.2) is 0 Å². The summed E-state index contributed by atoms with van der Waals surface area (Å²) in [6.07, 6.45) is 6.31. The molecule has 0 bridgehead atoms. The van der Waals surface area contributed by atoms with E-state index in [4.69, 9.17) is 0 Å². The van der Waals surface area contributed by atoms with Gasteiger partial charge in [-0.05, 0) is 51.1 Å². The standard InChI is InChI=1S/C16H31N3O3S/c1-14-6-3-9-18(12-14)10-5-8-17-16(20)15-7-4-11-19(13-15)23(2,21)22/h14-15H,3-13H2,1-2H3,(H,17,20)/t14-,15-/m0/s1. The lowest BCUT2D eigenvalue weighted by atomic mass is 9.99. The van der Waals surface area contributed by atoms with Crippen molar-refractivity contribution in [2.75, 3.05) is 45.5 Å². The Kier molecular flexibility index (Phi) is 6.85.